The molecule has 2 rings (SSSR count). The summed E-state index contributed by atoms with van der Waals surface area (Å²) in [5, 5.41) is 7.51. The van der Waals surface area contributed by atoms with E-state index in [1.807, 2.05) is 33.8 Å². The van der Waals surface area contributed by atoms with Gasteiger partial charge in [-0.1, -0.05) is 47.0 Å². The predicted molar refractivity (Wildman–Crippen MR) is 122 cm³/mol. The molecule has 7 heteroatoms. The number of hydrogen-bond acceptors (Lipinski definition) is 3. The van der Waals surface area contributed by atoms with E-state index < -0.39 is 0 Å². The Labute approximate surface area is 184 Å². The molecule has 0 atom stereocenters. The molecule has 0 bridgehead atoms. The van der Waals surface area contributed by atoms with E-state index in [0.29, 0.717) is 24.5 Å². The van der Waals surface area contributed by atoms with Crippen LogP contribution in [0, 0.1) is 5.82 Å². The van der Waals surface area contributed by atoms with Crippen LogP contribution in [-0.4, -0.2) is 39.6 Å². The summed E-state index contributed by atoms with van der Waals surface area (Å²) in [5.41, 5.74) is 1.22. The number of amides is 2. The molecule has 31 heavy (non-hydrogen) atoms. The molecule has 1 aromatic heterocycles. The van der Waals surface area contributed by atoms with Gasteiger partial charge in [0.1, 0.15) is 11.6 Å². The van der Waals surface area contributed by atoms with E-state index in [1.165, 1.54) is 12.1 Å². The van der Waals surface area contributed by atoms with Crippen molar-refractivity contribution in [2.24, 2.45) is 0 Å². The Balaban J connectivity index is 2.14. The number of likely N-dealkylation sites (N-methyl/N-ethyl adjacent to an activating group) is 1. The van der Waals surface area contributed by atoms with Crippen molar-refractivity contribution < 1.29 is 14.0 Å². The number of carbonyl (C=O) groups is 2. The number of unbranched alkanes of at least 4 members (excludes halogenated alkanes) is 3. The minimum atomic E-state index is -0.339. The summed E-state index contributed by atoms with van der Waals surface area (Å²) >= 11 is 0. The molecule has 0 radical (unpaired) electrons. The first-order valence-electron chi connectivity index (χ1n) is 11.1. The van der Waals surface area contributed by atoms with Crippen LogP contribution in [0.3, 0.4) is 0 Å². The molecule has 0 saturated heterocycles. The van der Waals surface area contributed by atoms with Crippen molar-refractivity contribution in [1.29, 1.82) is 0 Å². The molecule has 0 spiro atoms. The monoisotopic (exact) mass is 430 g/mol. The van der Waals surface area contributed by atoms with Crippen LogP contribution in [0.15, 0.2) is 30.3 Å². The van der Waals surface area contributed by atoms with E-state index in [0.717, 1.165) is 31.4 Å². The zero-order valence-corrected chi connectivity index (χ0v) is 19.4. The second kappa shape index (κ2) is 11.1. The number of benzene rings is 1. The van der Waals surface area contributed by atoms with E-state index in [-0.39, 0.29) is 29.6 Å². The highest BCUT2D eigenvalue weighted by atomic mass is 19.1. The van der Waals surface area contributed by atoms with Gasteiger partial charge in [0.25, 0.3) is 0 Å². The normalized spacial score (nSPS) is 11.4. The summed E-state index contributed by atoms with van der Waals surface area (Å²) < 4.78 is 15.0. The molecule has 0 unspecified atom stereocenters. The Morgan fingerprint density at radius 3 is 2.35 bits per heavy atom. The lowest BCUT2D eigenvalue weighted by molar-refractivity contribution is -0.134. The second-order valence-corrected chi connectivity index (χ2v) is 8.82. The second-order valence-electron chi connectivity index (χ2n) is 8.82. The Hall–Kier alpha value is -2.70. The van der Waals surface area contributed by atoms with Crippen LogP contribution in [0.5, 0.6) is 0 Å². The van der Waals surface area contributed by atoms with Gasteiger partial charge in [-0.15, -0.1) is 0 Å². The maximum absolute atomic E-state index is 13.4. The predicted octanol–water partition coefficient (Wildman–Crippen LogP) is 5.07. The first-order valence-corrected chi connectivity index (χ1v) is 11.1. The Kier molecular flexibility index (Phi) is 8.77. The topological polar surface area (TPSA) is 67.2 Å². The van der Waals surface area contributed by atoms with Crippen LogP contribution < -0.4 is 5.32 Å². The van der Waals surface area contributed by atoms with Crippen molar-refractivity contribution >= 4 is 17.6 Å². The number of nitrogens with one attached hydrogen (secondary N) is 1. The van der Waals surface area contributed by atoms with Gasteiger partial charge in [0.15, 0.2) is 0 Å². The number of nitrogens with zero attached hydrogens (tertiary/aromatic N) is 3. The number of carbonyl (C=O) groups excluding carboxylic acids is 2. The molecule has 0 fully saturated rings. The largest absolute Gasteiger partial charge is 0.334 e. The maximum atomic E-state index is 13.4. The summed E-state index contributed by atoms with van der Waals surface area (Å²) in [6, 6.07) is 7.76. The van der Waals surface area contributed by atoms with Crippen LogP contribution in [0.1, 0.15) is 72.4 Å². The van der Waals surface area contributed by atoms with Gasteiger partial charge in [-0.3, -0.25) is 9.59 Å². The molecule has 0 aliphatic heterocycles. The summed E-state index contributed by atoms with van der Waals surface area (Å²) in [6.07, 6.45) is 4.56. The van der Waals surface area contributed by atoms with Crippen molar-refractivity contribution in [3.05, 3.63) is 41.8 Å². The molecule has 1 aromatic carbocycles. The van der Waals surface area contributed by atoms with Crippen LogP contribution in [0.25, 0.3) is 5.69 Å². The van der Waals surface area contributed by atoms with E-state index in [4.69, 9.17) is 0 Å². The van der Waals surface area contributed by atoms with Crippen LogP contribution >= 0.6 is 0 Å². The fourth-order valence-electron chi connectivity index (χ4n) is 3.21. The molecule has 170 valence electrons. The zero-order chi connectivity index (χ0) is 23.0. The van der Waals surface area contributed by atoms with Crippen molar-refractivity contribution in [3.63, 3.8) is 0 Å². The SMILES string of the molecule is CCCCCCC(=O)N(CC)CC(=O)Nc1cc(C(C)(C)C)nn1-c1ccc(F)cc1. The maximum Gasteiger partial charge on any atom is 0.245 e. The van der Waals surface area contributed by atoms with Crippen LogP contribution in [0.4, 0.5) is 10.2 Å². The standard InChI is InChI=1S/C24H35FN4O2/c1-6-8-9-10-11-23(31)28(7-2)17-22(30)26-21-16-20(24(3,4)5)27-29(21)19-14-12-18(25)13-15-19/h12-16H,6-11,17H2,1-5H3,(H,26,30). The number of rotatable bonds is 10. The van der Waals surface area contributed by atoms with Gasteiger partial charge in [-0.2, -0.15) is 5.10 Å². The van der Waals surface area contributed by atoms with Gasteiger partial charge in [0.2, 0.25) is 11.8 Å². The quantitative estimate of drug-likeness (QED) is 0.535. The van der Waals surface area contributed by atoms with E-state index in [1.54, 1.807) is 21.7 Å². The van der Waals surface area contributed by atoms with Gasteiger partial charge in [0, 0.05) is 24.4 Å². The van der Waals surface area contributed by atoms with Crippen LogP contribution in [-0.2, 0) is 15.0 Å². The van der Waals surface area contributed by atoms with Gasteiger partial charge in [-0.25, -0.2) is 9.07 Å². The van der Waals surface area contributed by atoms with Gasteiger partial charge < -0.3 is 10.2 Å². The zero-order valence-electron chi connectivity index (χ0n) is 19.4. The molecule has 1 heterocycles. The molecular weight excluding hydrogens is 395 g/mol. The van der Waals surface area contributed by atoms with Crippen molar-refractivity contribution in [3.8, 4) is 5.69 Å². The lowest BCUT2D eigenvalue weighted by Gasteiger charge is -2.20. The minimum Gasteiger partial charge on any atom is -0.334 e. The molecule has 0 saturated carbocycles. The first kappa shape index (κ1) is 24.6. The highest BCUT2D eigenvalue weighted by Gasteiger charge is 2.22. The average molecular weight is 431 g/mol. The summed E-state index contributed by atoms with van der Waals surface area (Å²) in [5.74, 6) is -0.134. The van der Waals surface area contributed by atoms with E-state index in [2.05, 4.69) is 17.3 Å². The van der Waals surface area contributed by atoms with Crippen molar-refractivity contribution in [2.75, 3.05) is 18.4 Å². The van der Waals surface area contributed by atoms with Crippen LogP contribution in [0.2, 0.25) is 0 Å². The third kappa shape index (κ3) is 7.19. The fourth-order valence-corrected chi connectivity index (χ4v) is 3.21. The Morgan fingerprint density at radius 2 is 1.77 bits per heavy atom. The van der Waals surface area contributed by atoms with Gasteiger partial charge in [0.05, 0.1) is 17.9 Å². The molecule has 1 N–H and O–H groups in total. The average Bonchev–Trinajstić information content (AvgIpc) is 3.14. The molecular formula is C24H35FN4O2. The smallest absolute Gasteiger partial charge is 0.245 e. The number of aromatic nitrogens is 2. The first-order chi connectivity index (χ1) is 14.7. The van der Waals surface area contributed by atoms with Crippen molar-refractivity contribution in [2.45, 2.75) is 72.1 Å². The lowest BCUT2D eigenvalue weighted by Crippen LogP contribution is -2.38. The summed E-state index contributed by atoms with van der Waals surface area (Å²) in [6.45, 7) is 10.6. The molecule has 0 aliphatic carbocycles. The highest BCUT2D eigenvalue weighted by Crippen LogP contribution is 2.26. The Morgan fingerprint density at radius 1 is 1.10 bits per heavy atom. The molecule has 2 aromatic rings. The fraction of sp³-hybridized carbons (Fsp3) is 0.542. The summed E-state index contributed by atoms with van der Waals surface area (Å²) in [7, 11) is 0. The molecule has 2 amide bonds. The number of hydrogen-bond donors (Lipinski definition) is 1. The third-order valence-electron chi connectivity index (χ3n) is 5.13. The third-order valence-corrected chi connectivity index (χ3v) is 5.13. The minimum absolute atomic E-state index is 0.00354. The van der Waals surface area contributed by atoms with E-state index >= 15 is 0 Å². The number of halogens is 1. The molecule has 6 nitrogen and oxygen atoms in total. The van der Waals surface area contributed by atoms with Crippen molar-refractivity contribution in [1.82, 2.24) is 14.7 Å². The van der Waals surface area contributed by atoms with Gasteiger partial charge in [-0.05, 0) is 37.6 Å². The molecule has 0 aliphatic rings. The Bertz CT molecular complexity index is 869. The highest BCUT2D eigenvalue weighted by molar-refractivity contribution is 5.94. The lowest BCUT2D eigenvalue weighted by atomic mass is 9.92. The van der Waals surface area contributed by atoms with Gasteiger partial charge >= 0.3 is 0 Å². The van der Waals surface area contributed by atoms with E-state index in [9.17, 15) is 14.0 Å². The summed E-state index contributed by atoms with van der Waals surface area (Å²) in [4.78, 5) is 26.8. The number of anilines is 1.